The van der Waals surface area contributed by atoms with Gasteiger partial charge >= 0.3 is 0 Å². The fourth-order valence-corrected chi connectivity index (χ4v) is 2.41. The number of fused-ring (bicyclic) bond motifs is 1. The maximum atomic E-state index is 12.8. The zero-order valence-electron chi connectivity index (χ0n) is 13.2. The number of hydrogen-bond acceptors (Lipinski definition) is 4. The maximum absolute atomic E-state index is 12.8. The van der Waals surface area contributed by atoms with E-state index < -0.39 is 12.1 Å². The smallest absolute Gasteiger partial charge is 0.239 e. The highest BCUT2D eigenvalue weighted by atomic mass is 16.5. The zero-order valence-corrected chi connectivity index (χ0v) is 13.2. The Bertz CT molecular complexity index is 706. The van der Waals surface area contributed by atoms with Gasteiger partial charge in [0, 0.05) is 25.0 Å². The molecule has 0 aromatic carbocycles. The number of nitrogens with zero attached hydrogens (tertiary/aromatic N) is 2. The lowest BCUT2D eigenvalue weighted by Gasteiger charge is -2.25. The third-order valence-electron chi connectivity index (χ3n) is 3.83. The van der Waals surface area contributed by atoms with Crippen LogP contribution in [-0.4, -0.2) is 47.2 Å². The number of likely N-dealkylation sites (N-methyl/N-ethyl adjacent to an activating group) is 1. The first-order valence-electron chi connectivity index (χ1n) is 7.08. The van der Waals surface area contributed by atoms with Gasteiger partial charge in [-0.2, -0.15) is 0 Å². The van der Waals surface area contributed by atoms with Crippen molar-refractivity contribution in [3.8, 4) is 5.75 Å². The minimum absolute atomic E-state index is 0.150. The molecular formula is C16H21N3O3. The lowest BCUT2D eigenvalue weighted by molar-refractivity contribution is -0.131. The Morgan fingerprint density at radius 1 is 1.27 bits per heavy atom. The second-order valence-electron chi connectivity index (χ2n) is 5.34. The second kappa shape index (κ2) is 6.19. The summed E-state index contributed by atoms with van der Waals surface area (Å²) in [5.41, 5.74) is 6.82. The lowest BCUT2D eigenvalue weighted by atomic mass is 10.0. The molecule has 6 nitrogen and oxygen atoms in total. The number of rotatable bonds is 5. The van der Waals surface area contributed by atoms with E-state index in [4.69, 9.17) is 10.5 Å². The molecule has 2 heterocycles. The van der Waals surface area contributed by atoms with Gasteiger partial charge in [-0.05, 0) is 32.0 Å². The summed E-state index contributed by atoms with van der Waals surface area (Å²) < 4.78 is 7.15. The Morgan fingerprint density at radius 3 is 2.55 bits per heavy atom. The fraction of sp³-hybridized carbons (Fsp3) is 0.375. The highest BCUT2D eigenvalue weighted by Gasteiger charge is 2.27. The molecule has 2 atom stereocenters. The first-order valence-corrected chi connectivity index (χ1v) is 7.08. The monoisotopic (exact) mass is 303 g/mol. The molecule has 0 spiro atoms. The van der Waals surface area contributed by atoms with E-state index in [-0.39, 0.29) is 11.7 Å². The van der Waals surface area contributed by atoms with Gasteiger partial charge in [-0.25, -0.2) is 0 Å². The van der Waals surface area contributed by atoms with Gasteiger partial charge in [0.05, 0.1) is 24.7 Å². The quantitative estimate of drug-likeness (QED) is 0.845. The Hall–Kier alpha value is -2.34. The number of amides is 1. The molecule has 6 heteroatoms. The van der Waals surface area contributed by atoms with Gasteiger partial charge in [-0.3, -0.25) is 9.59 Å². The number of ether oxygens (including phenoxy) is 1. The van der Waals surface area contributed by atoms with E-state index in [9.17, 15) is 9.59 Å². The van der Waals surface area contributed by atoms with Crippen LogP contribution in [-0.2, 0) is 4.79 Å². The van der Waals surface area contributed by atoms with Crippen LogP contribution in [0.1, 0.15) is 24.2 Å². The summed E-state index contributed by atoms with van der Waals surface area (Å²) >= 11 is 0. The predicted octanol–water partition coefficient (Wildman–Crippen LogP) is 1.32. The summed E-state index contributed by atoms with van der Waals surface area (Å²) in [4.78, 5) is 26.1. The number of Topliss-reactive ketones (excluding diaryl/α,β-unsaturated/α-hetero) is 1. The van der Waals surface area contributed by atoms with E-state index in [2.05, 4.69) is 0 Å². The highest BCUT2D eigenvalue weighted by Crippen LogP contribution is 2.25. The van der Waals surface area contributed by atoms with E-state index in [0.717, 1.165) is 0 Å². The van der Waals surface area contributed by atoms with Crippen LogP contribution in [0.2, 0.25) is 0 Å². The van der Waals surface area contributed by atoms with Crippen LogP contribution < -0.4 is 10.5 Å². The molecule has 2 rings (SSSR count). The van der Waals surface area contributed by atoms with Crippen molar-refractivity contribution in [2.75, 3.05) is 14.2 Å². The van der Waals surface area contributed by atoms with Crippen molar-refractivity contribution < 1.29 is 14.3 Å². The molecule has 0 aliphatic heterocycles. The molecule has 0 aliphatic rings. The Morgan fingerprint density at radius 2 is 1.95 bits per heavy atom. The first kappa shape index (κ1) is 16.0. The van der Waals surface area contributed by atoms with Gasteiger partial charge in [0.1, 0.15) is 5.75 Å². The lowest BCUT2D eigenvalue weighted by Crippen LogP contribution is -2.47. The van der Waals surface area contributed by atoms with Gasteiger partial charge < -0.3 is 19.8 Å². The summed E-state index contributed by atoms with van der Waals surface area (Å²) in [6.45, 7) is 3.30. The molecule has 0 saturated heterocycles. The molecule has 1 unspecified atom stereocenters. The number of aromatic nitrogens is 1. The molecule has 0 aliphatic carbocycles. The number of ketones is 1. The van der Waals surface area contributed by atoms with E-state index in [1.54, 1.807) is 46.3 Å². The second-order valence-corrected chi connectivity index (χ2v) is 5.34. The molecule has 0 fully saturated rings. The van der Waals surface area contributed by atoms with Crippen molar-refractivity contribution in [3.63, 3.8) is 0 Å². The van der Waals surface area contributed by atoms with Gasteiger partial charge in [-0.15, -0.1) is 0 Å². The van der Waals surface area contributed by atoms with Gasteiger partial charge in [0.2, 0.25) is 5.91 Å². The standard InChI is InChI=1S/C16H21N3O3/c1-10(17)16(21)18(3)11(2)15(20)12-7-9-19-8-5-6-13(22-4)14(12)19/h5-11H,17H2,1-4H3/t10-,11?/m0/s1. The average Bonchev–Trinajstić information content (AvgIpc) is 2.95. The SMILES string of the molecule is COc1cccn2ccc(C(=O)C(C)N(C)C(=O)[C@H](C)N)c12. The molecule has 0 saturated carbocycles. The molecule has 0 radical (unpaired) electrons. The molecular weight excluding hydrogens is 282 g/mol. The normalized spacial score (nSPS) is 13.7. The van der Waals surface area contributed by atoms with Crippen LogP contribution in [0.15, 0.2) is 30.6 Å². The maximum Gasteiger partial charge on any atom is 0.239 e. The van der Waals surface area contributed by atoms with Crippen LogP contribution >= 0.6 is 0 Å². The van der Waals surface area contributed by atoms with Gasteiger partial charge in [0.15, 0.2) is 5.78 Å². The Kier molecular flexibility index (Phi) is 4.51. The van der Waals surface area contributed by atoms with Crippen molar-refractivity contribution in [2.24, 2.45) is 5.73 Å². The van der Waals surface area contributed by atoms with E-state index in [1.165, 1.54) is 4.90 Å². The first-order chi connectivity index (χ1) is 10.4. The number of hydrogen-bond donors (Lipinski definition) is 1. The minimum atomic E-state index is -0.638. The predicted molar refractivity (Wildman–Crippen MR) is 84.2 cm³/mol. The summed E-state index contributed by atoms with van der Waals surface area (Å²) in [6.07, 6.45) is 3.64. The van der Waals surface area contributed by atoms with Crippen molar-refractivity contribution in [3.05, 3.63) is 36.2 Å². The molecule has 2 aromatic rings. The van der Waals surface area contributed by atoms with Crippen LogP contribution in [0.4, 0.5) is 0 Å². The number of carbonyl (C=O) groups excluding carboxylic acids is 2. The third-order valence-corrected chi connectivity index (χ3v) is 3.83. The van der Waals surface area contributed by atoms with Crippen LogP contribution in [0.25, 0.3) is 5.52 Å². The van der Waals surface area contributed by atoms with Crippen LogP contribution in [0, 0.1) is 0 Å². The van der Waals surface area contributed by atoms with Gasteiger partial charge in [0.25, 0.3) is 0 Å². The highest BCUT2D eigenvalue weighted by molar-refractivity contribution is 6.08. The number of methoxy groups -OCH3 is 1. The Balaban J connectivity index is 2.40. The average molecular weight is 303 g/mol. The van der Waals surface area contributed by atoms with Crippen molar-refractivity contribution >= 4 is 17.2 Å². The molecule has 2 aromatic heterocycles. The minimum Gasteiger partial charge on any atom is -0.495 e. The largest absolute Gasteiger partial charge is 0.495 e. The molecule has 0 bridgehead atoms. The van der Waals surface area contributed by atoms with E-state index >= 15 is 0 Å². The van der Waals surface area contributed by atoms with E-state index in [0.29, 0.717) is 16.8 Å². The van der Waals surface area contributed by atoms with Crippen LogP contribution in [0.3, 0.4) is 0 Å². The van der Waals surface area contributed by atoms with Gasteiger partial charge in [-0.1, -0.05) is 0 Å². The number of pyridine rings is 1. The summed E-state index contributed by atoms with van der Waals surface area (Å²) in [6, 6.07) is 4.14. The van der Waals surface area contributed by atoms with Crippen molar-refractivity contribution in [2.45, 2.75) is 25.9 Å². The topological polar surface area (TPSA) is 77.0 Å². The van der Waals surface area contributed by atoms with Crippen molar-refractivity contribution in [1.82, 2.24) is 9.30 Å². The van der Waals surface area contributed by atoms with Crippen LogP contribution in [0.5, 0.6) is 5.75 Å². The summed E-state index contributed by atoms with van der Waals surface area (Å²) in [7, 11) is 3.15. The molecule has 22 heavy (non-hydrogen) atoms. The number of nitrogens with two attached hydrogens (primary N) is 1. The molecule has 2 N–H and O–H groups in total. The number of carbonyl (C=O) groups is 2. The Labute approximate surface area is 129 Å². The fourth-order valence-electron chi connectivity index (χ4n) is 2.41. The summed E-state index contributed by atoms with van der Waals surface area (Å²) in [5.74, 6) is 0.198. The molecule has 1 amide bonds. The molecule has 118 valence electrons. The summed E-state index contributed by atoms with van der Waals surface area (Å²) in [5, 5.41) is 0. The third kappa shape index (κ3) is 2.69. The zero-order chi connectivity index (χ0) is 16.4. The van der Waals surface area contributed by atoms with E-state index in [1.807, 2.05) is 16.7 Å². The van der Waals surface area contributed by atoms with Crippen molar-refractivity contribution in [1.29, 1.82) is 0 Å².